The highest BCUT2D eigenvalue weighted by Gasteiger charge is 2.67. The van der Waals surface area contributed by atoms with Crippen LogP contribution < -0.4 is 9.47 Å². The number of hydrogen-bond donors (Lipinski definition) is 0. The molecule has 6 aliphatic rings. The van der Waals surface area contributed by atoms with Crippen LogP contribution in [-0.2, 0) is 9.59 Å². The lowest BCUT2D eigenvalue weighted by atomic mass is 9.63. The number of carbonyl (C=O) groups excluding carboxylic acids is 2. The molecule has 6 nitrogen and oxygen atoms in total. The third-order valence-electron chi connectivity index (χ3n) is 6.44. The molecule has 7 heteroatoms. The van der Waals surface area contributed by atoms with E-state index < -0.39 is 0 Å². The number of hydrogen-bond acceptors (Lipinski definition) is 5. The number of hydrazone groups is 1. The zero-order chi connectivity index (χ0) is 17.6. The van der Waals surface area contributed by atoms with E-state index >= 15 is 0 Å². The number of amides is 2. The van der Waals surface area contributed by atoms with Gasteiger partial charge in [-0.05, 0) is 58.2 Å². The minimum absolute atomic E-state index is 0.155. The molecule has 26 heavy (non-hydrogen) atoms. The van der Waals surface area contributed by atoms with Crippen LogP contribution >= 0.6 is 15.9 Å². The van der Waals surface area contributed by atoms with Gasteiger partial charge in [0.15, 0.2) is 11.5 Å². The summed E-state index contributed by atoms with van der Waals surface area (Å²) in [6, 6.07) is 3.59. The van der Waals surface area contributed by atoms with Crippen molar-refractivity contribution in [3.05, 3.63) is 34.3 Å². The second-order valence-corrected chi connectivity index (χ2v) is 8.47. The molecule has 1 aromatic rings. The standard InChI is InChI=1S/C19H15BrN2O4/c20-13-5-15-14(25-7-26-15)3-8(13)6-21-22-18(23)16-9-1-2-10(12-4-11(9)12)17(16)19(22)24/h1-3,5-6,9-12,16-17H,4,7H2/t9-,10-,11-,12-,16+,17+/m0/s1. The number of benzene rings is 1. The number of rotatable bonds is 2. The molecule has 0 unspecified atom stereocenters. The maximum absolute atomic E-state index is 12.9. The number of imide groups is 1. The molecule has 0 aromatic heterocycles. The van der Waals surface area contributed by atoms with Crippen LogP contribution in [0.4, 0.5) is 0 Å². The van der Waals surface area contributed by atoms with Crippen LogP contribution in [0.2, 0.25) is 0 Å². The van der Waals surface area contributed by atoms with Crippen molar-refractivity contribution in [1.29, 1.82) is 0 Å². The second kappa shape index (κ2) is 4.97. The predicted molar refractivity (Wildman–Crippen MR) is 94.4 cm³/mol. The van der Waals surface area contributed by atoms with Crippen LogP contribution in [0.1, 0.15) is 12.0 Å². The first-order chi connectivity index (χ1) is 12.6. The summed E-state index contributed by atoms with van der Waals surface area (Å²) in [5.41, 5.74) is 0.730. The maximum atomic E-state index is 12.9. The summed E-state index contributed by atoms with van der Waals surface area (Å²) in [5, 5.41) is 5.35. The highest BCUT2D eigenvalue weighted by Crippen LogP contribution is 2.65. The molecule has 1 aromatic carbocycles. The van der Waals surface area contributed by atoms with E-state index in [1.807, 2.05) is 0 Å². The van der Waals surface area contributed by atoms with E-state index in [9.17, 15) is 9.59 Å². The molecule has 2 bridgehead atoms. The van der Waals surface area contributed by atoms with Crippen molar-refractivity contribution in [1.82, 2.24) is 5.01 Å². The van der Waals surface area contributed by atoms with Crippen LogP contribution in [0.3, 0.4) is 0 Å². The molecule has 2 aliphatic heterocycles. The monoisotopic (exact) mass is 414 g/mol. The molecular weight excluding hydrogens is 400 g/mol. The topological polar surface area (TPSA) is 68.2 Å². The lowest BCUT2D eigenvalue weighted by Crippen LogP contribution is -2.40. The van der Waals surface area contributed by atoms with Crippen LogP contribution in [0.25, 0.3) is 0 Å². The normalized spacial score (nSPS) is 38.3. The molecule has 6 atom stereocenters. The van der Waals surface area contributed by atoms with E-state index in [0.29, 0.717) is 23.3 Å². The van der Waals surface area contributed by atoms with Crippen molar-refractivity contribution in [2.24, 2.45) is 40.6 Å². The number of halogens is 1. The number of carbonyl (C=O) groups is 2. The number of nitrogens with zero attached hydrogens (tertiary/aromatic N) is 2. The van der Waals surface area contributed by atoms with Gasteiger partial charge in [0.05, 0.1) is 18.1 Å². The lowest BCUT2D eigenvalue weighted by Gasteiger charge is -2.37. The predicted octanol–water partition coefficient (Wildman–Crippen LogP) is 2.56. The Bertz CT molecular complexity index is 890. The van der Waals surface area contributed by atoms with Crippen molar-refractivity contribution in [3.8, 4) is 11.5 Å². The molecule has 0 N–H and O–H groups in total. The van der Waals surface area contributed by atoms with Gasteiger partial charge in [-0.3, -0.25) is 9.59 Å². The van der Waals surface area contributed by atoms with Crippen LogP contribution in [-0.4, -0.2) is 29.8 Å². The SMILES string of the molecule is O=C1[C@@H]2[C@H]3C=C[C@@H]([C@@H]4C[C@@H]34)[C@H]2C(=O)N1N=Cc1cc2c(cc1Br)OCO2. The Morgan fingerprint density at radius 2 is 1.65 bits per heavy atom. The smallest absolute Gasteiger partial charge is 0.254 e. The quantitative estimate of drug-likeness (QED) is 0.423. The largest absolute Gasteiger partial charge is 0.454 e. The molecule has 2 heterocycles. The Labute approximate surface area is 157 Å². The van der Waals surface area contributed by atoms with Gasteiger partial charge in [-0.25, -0.2) is 0 Å². The molecule has 7 rings (SSSR count). The molecule has 2 amide bonds. The molecule has 2 saturated carbocycles. The summed E-state index contributed by atoms with van der Waals surface area (Å²) >= 11 is 3.47. The van der Waals surface area contributed by atoms with E-state index in [1.54, 1.807) is 12.1 Å². The van der Waals surface area contributed by atoms with Crippen molar-refractivity contribution in [2.75, 3.05) is 6.79 Å². The zero-order valence-corrected chi connectivity index (χ0v) is 15.3. The van der Waals surface area contributed by atoms with Gasteiger partial charge in [-0.2, -0.15) is 10.1 Å². The first kappa shape index (κ1) is 15.0. The van der Waals surface area contributed by atoms with E-state index in [-0.39, 0.29) is 42.3 Å². The van der Waals surface area contributed by atoms with E-state index in [4.69, 9.17) is 9.47 Å². The minimum atomic E-state index is -0.224. The fraction of sp³-hybridized carbons (Fsp3) is 0.421. The molecule has 132 valence electrons. The van der Waals surface area contributed by atoms with Gasteiger partial charge in [-0.15, -0.1) is 0 Å². The minimum Gasteiger partial charge on any atom is -0.454 e. The first-order valence-electron chi connectivity index (χ1n) is 8.83. The zero-order valence-electron chi connectivity index (χ0n) is 13.7. The first-order valence-corrected chi connectivity index (χ1v) is 9.62. The molecule has 1 saturated heterocycles. The van der Waals surface area contributed by atoms with Crippen LogP contribution in [0, 0.1) is 35.5 Å². The average molecular weight is 415 g/mol. The summed E-state index contributed by atoms with van der Waals surface area (Å²) in [5.74, 6) is 2.14. The molecule has 3 fully saturated rings. The van der Waals surface area contributed by atoms with Gasteiger partial charge in [0, 0.05) is 10.0 Å². The highest BCUT2D eigenvalue weighted by atomic mass is 79.9. The van der Waals surface area contributed by atoms with E-state index in [0.717, 1.165) is 21.5 Å². The third-order valence-corrected chi connectivity index (χ3v) is 7.13. The maximum Gasteiger partial charge on any atom is 0.254 e. The van der Waals surface area contributed by atoms with Crippen LogP contribution in [0.5, 0.6) is 11.5 Å². The number of allylic oxidation sites excluding steroid dienone is 2. The van der Waals surface area contributed by atoms with E-state index in [2.05, 4.69) is 33.2 Å². The summed E-state index contributed by atoms with van der Waals surface area (Å²) in [6.07, 6.45) is 7.01. The van der Waals surface area contributed by atoms with Crippen molar-refractivity contribution in [2.45, 2.75) is 6.42 Å². The third kappa shape index (κ3) is 1.84. The second-order valence-electron chi connectivity index (χ2n) is 7.61. The highest BCUT2D eigenvalue weighted by molar-refractivity contribution is 9.10. The van der Waals surface area contributed by atoms with Gasteiger partial charge >= 0.3 is 0 Å². The summed E-state index contributed by atoms with van der Waals surface area (Å²) in [4.78, 5) is 25.8. The Balaban J connectivity index is 1.32. The lowest BCUT2D eigenvalue weighted by molar-refractivity contribution is -0.140. The van der Waals surface area contributed by atoms with Crippen molar-refractivity contribution in [3.63, 3.8) is 0 Å². The fourth-order valence-electron chi connectivity index (χ4n) is 5.21. The van der Waals surface area contributed by atoms with E-state index in [1.165, 1.54) is 6.21 Å². The van der Waals surface area contributed by atoms with Gasteiger partial charge in [0.1, 0.15) is 0 Å². The summed E-state index contributed by atoms with van der Waals surface area (Å²) < 4.78 is 11.5. The Morgan fingerprint density at radius 1 is 1.04 bits per heavy atom. The summed E-state index contributed by atoms with van der Waals surface area (Å²) in [7, 11) is 0. The Kier molecular flexibility index (Phi) is 2.86. The van der Waals surface area contributed by atoms with Gasteiger partial charge in [-0.1, -0.05) is 12.2 Å². The van der Waals surface area contributed by atoms with Crippen molar-refractivity contribution < 1.29 is 19.1 Å². The summed E-state index contributed by atoms with van der Waals surface area (Å²) in [6.45, 7) is 0.187. The number of ether oxygens (including phenoxy) is 2. The molecular formula is C19H15BrN2O4. The number of fused-ring (bicyclic) bond motifs is 1. The van der Waals surface area contributed by atoms with Crippen LogP contribution in [0.15, 0.2) is 33.9 Å². The molecule has 0 spiro atoms. The average Bonchev–Trinajstić information content (AvgIpc) is 3.29. The van der Waals surface area contributed by atoms with Gasteiger partial charge in [0.2, 0.25) is 6.79 Å². The molecule has 0 radical (unpaired) electrons. The Hall–Kier alpha value is -2.15. The fourth-order valence-corrected chi connectivity index (χ4v) is 5.63. The molecule has 4 aliphatic carbocycles. The van der Waals surface area contributed by atoms with Gasteiger partial charge < -0.3 is 9.47 Å². The Morgan fingerprint density at radius 3 is 2.31 bits per heavy atom. The van der Waals surface area contributed by atoms with Crippen molar-refractivity contribution >= 4 is 34.0 Å². The van der Waals surface area contributed by atoms with Gasteiger partial charge in [0.25, 0.3) is 11.8 Å².